The first-order valence-corrected chi connectivity index (χ1v) is 16.7. The summed E-state index contributed by atoms with van der Waals surface area (Å²) in [7, 11) is 0. The predicted octanol–water partition coefficient (Wildman–Crippen LogP) is 13.1. The van der Waals surface area contributed by atoms with Gasteiger partial charge >= 0.3 is 0 Å². The number of hydrogen-bond donors (Lipinski definition) is 4. The average Bonchev–Trinajstić information content (AvgIpc) is 3.16. The van der Waals surface area contributed by atoms with E-state index >= 15 is 0 Å². The number of benzene rings is 4. The smallest absolute Gasteiger partial charge is 0.119 e. The van der Waals surface area contributed by atoms with Gasteiger partial charge in [0.05, 0.1) is 11.4 Å². The largest absolute Gasteiger partial charge is 0.398 e. The van der Waals surface area contributed by atoms with E-state index in [9.17, 15) is 0 Å². The van der Waals surface area contributed by atoms with Crippen LogP contribution in [0.15, 0.2) is 150 Å². The molecule has 4 aromatic rings. The lowest BCUT2D eigenvalue weighted by Crippen LogP contribution is -2.32. The SMILES string of the molecule is C/C=C(\C)C1Nc2cccc3c(N)ccc(c23)N1.C=C/C(=C\C=C/C)N=Nc1ccc(N)c2ccccc12.C=CC=C.CC.CC.CC. The first kappa shape index (κ1) is 42.6. The van der Waals surface area contributed by atoms with Crippen molar-refractivity contribution in [3.63, 3.8) is 0 Å². The second-order valence-electron chi connectivity index (χ2n) is 9.40. The molecule has 48 heavy (non-hydrogen) atoms. The Morgan fingerprint density at radius 3 is 1.81 bits per heavy atom. The minimum atomic E-state index is 0.150. The van der Waals surface area contributed by atoms with Crippen LogP contribution in [-0.4, -0.2) is 6.17 Å². The van der Waals surface area contributed by atoms with Crippen LogP contribution < -0.4 is 22.1 Å². The molecule has 1 aliphatic rings. The number of allylic oxidation sites excluding steroid dienone is 7. The second kappa shape index (κ2) is 24.8. The summed E-state index contributed by atoms with van der Waals surface area (Å²) in [5, 5.41) is 19.8. The molecule has 6 N–H and O–H groups in total. The zero-order valence-electron chi connectivity index (χ0n) is 30.6. The maximum atomic E-state index is 6.03. The summed E-state index contributed by atoms with van der Waals surface area (Å²) in [6.45, 7) is 28.6. The van der Waals surface area contributed by atoms with Crippen LogP contribution in [0.2, 0.25) is 0 Å². The Bertz CT molecular complexity index is 1670. The highest BCUT2D eigenvalue weighted by Gasteiger charge is 2.20. The summed E-state index contributed by atoms with van der Waals surface area (Å²) in [5.41, 5.74) is 18.6. The third-order valence-electron chi connectivity index (χ3n) is 6.63. The van der Waals surface area contributed by atoms with Crippen molar-refractivity contribution in [2.24, 2.45) is 10.2 Å². The topological polar surface area (TPSA) is 101 Å². The normalized spacial score (nSPS) is 12.9. The quantitative estimate of drug-likeness (QED) is 0.0724. The van der Waals surface area contributed by atoms with E-state index in [1.165, 1.54) is 11.0 Å². The number of fused-ring (bicyclic) bond motifs is 1. The Morgan fingerprint density at radius 2 is 1.25 bits per heavy atom. The molecule has 0 saturated heterocycles. The van der Waals surface area contributed by atoms with Gasteiger partial charge in [-0.2, -0.15) is 5.11 Å². The van der Waals surface area contributed by atoms with Crippen LogP contribution in [0.4, 0.5) is 28.4 Å². The van der Waals surface area contributed by atoms with Crippen molar-refractivity contribution in [2.75, 3.05) is 22.1 Å². The number of anilines is 4. The van der Waals surface area contributed by atoms with Gasteiger partial charge in [-0.1, -0.05) is 128 Å². The molecule has 4 aromatic carbocycles. The van der Waals surface area contributed by atoms with Gasteiger partial charge in [-0.15, -0.1) is 5.11 Å². The Morgan fingerprint density at radius 1 is 0.708 bits per heavy atom. The van der Waals surface area contributed by atoms with E-state index in [-0.39, 0.29) is 6.17 Å². The van der Waals surface area contributed by atoms with Crippen LogP contribution in [0.25, 0.3) is 21.5 Å². The highest BCUT2D eigenvalue weighted by atomic mass is 15.1. The van der Waals surface area contributed by atoms with E-state index in [4.69, 9.17) is 11.5 Å². The zero-order valence-corrected chi connectivity index (χ0v) is 30.6. The third-order valence-corrected chi connectivity index (χ3v) is 6.63. The summed E-state index contributed by atoms with van der Waals surface area (Å²) >= 11 is 0. The molecule has 6 nitrogen and oxygen atoms in total. The van der Waals surface area contributed by atoms with Gasteiger partial charge in [-0.25, -0.2) is 0 Å². The molecule has 1 heterocycles. The van der Waals surface area contributed by atoms with Crippen molar-refractivity contribution in [1.82, 2.24) is 0 Å². The summed E-state index contributed by atoms with van der Waals surface area (Å²) in [6.07, 6.45) is 12.9. The fourth-order valence-corrected chi connectivity index (χ4v) is 4.25. The molecule has 0 spiro atoms. The van der Waals surface area contributed by atoms with Gasteiger partial charge in [0.15, 0.2) is 0 Å². The maximum Gasteiger partial charge on any atom is 0.119 e. The summed E-state index contributed by atoms with van der Waals surface area (Å²) in [4.78, 5) is 0. The second-order valence-corrected chi connectivity index (χ2v) is 9.40. The molecule has 1 unspecified atom stereocenters. The number of nitrogen functional groups attached to an aromatic ring is 2. The Balaban J connectivity index is 0.000000729. The fourth-order valence-electron chi connectivity index (χ4n) is 4.25. The monoisotopic (exact) mass is 646 g/mol. The minimum Gasteiger partial charge on any atom is -0.398 e. The number of nitrogens with two attached hydrogens (primary N) is 2. The van der Waals surface area contributed by atoms with E-state index in [2.05, 4.69) is 78.7 Å². The predicted molar refractivity (Wildman–Crippen MR) is 219 cm³/mol. The summed E-state index contributed by atoms with van der Waals surface area (Å²) in [6, 6.07) is 21.8. The summed E-state index contributed by atoms with van der Waals surface area (Å²) < 4.78 is 0. The highest BCUT2D eigenvalue weighted by molar-refractivity contribution is 6.09. The zero-order chi connectivity index (χ0) is 36.5. The lowest BCUT2D eigenvalue weighted by atomic mass is 10.0. The van der Waals surface area contributed by atoms with Crippen molar-refractivity contribution in [3.05, 3.63) is 140 Å². The maximum absolute atomic E-state index is 6.03. The Hall–Kier alpha value is -5.36. The molecule has 5 rings (SSSR count). The number of rotatable bonds is 6. The molecule has 0 aliphatic carbocycles. The van der Waals surface area contributed by atoms with Gasteiger partial charge < -0.3 is 22.1 Å². The van der Waals surface area contributed by atoms with Crippen LogP contribution in [0.1, 0.15) is 62.3 Å². The van der Waals surface area contributed by atoms with E-state index in [1.807, 2.05) is 115 Å². The molecule has 0 saturated carbocycles. The Labute approximate surface area is 290 Å². The van der Waals surface area contributed by atoms with Crippen LogP contribution in [0.3, 0.4) is 0 Å². The lowest BCUT2D eigenvalue weighted by Gasteiger charge is -2.30. The van der Waals surface area contributed by atoms with Gasteiger partial charge in [-0.05, 0) is 68.8 Å². The van der Waals surface area contributed by atoms with Gasteiger partial charge in [0.2, 0.25) is 0 Å². The van der Waals surface area contributed by atoms with Crippen molar-refractivity contribution >= 4 is 50.0 Å². The first-order chi connectivity index (χ1) is 23.4. The molecule has 1 atom stereocenters. The summed E-state index contributed by atoms with van der Waals surface area (Å²) in [5.74, 6) is 0. The van der Waals surface area contributed by atoms with E-state index in [0.29, 0.717) is 5.70 Å². The van der Waals surface area contributed by atoms with E-state index < -0.39 is 0 Å². The van der Waals surface area contributed by atoms with Crippen molar-refractivity contribution in [2.45, 2.75) is 68.5 Å². The minimum absolute atomic E-state index is 0.150. The van der Waals surface area contributed by atoms with Crippen LogP contribution in [0.5, 0.6) is 0 Å². The number of hydrogen-bond acceptors (Lipinski definition) is 6. The van der Waals surface area contributed by atoms with Crippen LogP contribution in [0, 0.1) is 0 Å². The van der Waals surface area contributed by atoms with Gasteiger partial charge in [0.1, 0.15) is 6.17 Å². The molecule has 6 heteroatoms. The number of nitrogens with zero attached hydrogens (tertiary/aromatic N) is 2. The third kappa shape index (κ3) is 12.4. The molecule has 256 valence electrons. The lowest BCUT2D eigenvalue weighted by molar-refractivity contribution is 0.930. The van der Waals surface area contributed by atoms with E-state index in [1.54, 1.807) is 18.2 Å². The molecular weight excluding hydrogens is 589 g/mol. The van der Waals surface area contributed by atoms with E-state index in [0.717, 1.165) is 44.6 Å². The molecule has 0 fully saturated rings. The molecule has 0 bridgehead atoms. The first-order valence-electron chi connectivity index (χ1n) is 16.7. The molecule has 0 aromatic heterocycles. The van der Waals surface area contributed by atoms with Crippen molar-refractivity contribution in [1.29, 1.82) is 0 Å². The number of nitrogens with one attached hydrogen (secondary N) is 2. The molecule has 0 radical (unpaired) electrons. The van der Waals surface area contributed by atoms with Crippen molar-refractivity contribution in [3.8, 4) is 0 Å². The number of azo groups is 1. The fraction of sp³-hybridized carbons (Fsp3) is 0.238. The molecular formula is C42H58N6. The van der Waals surface area contributed by atoms with Crippen LogP contribution in [-0.2, 0) is 0 Å². The van der Waals surface area contributed by atoms with Crippen molar-refractivity contribution < 1.29 is 0 Å². The highest BCUT2D eigenvalue weighted by Crippen LogP contribution is 2.38. The molecule has 1 aliphatic heterocycles. The average molecular weight is 647 g/mol. The Kier molecular flexibility index (Phi) is 22.0. The molecule has 0 amide bonds. The van der Waals surface area contributed by atoms with Crippen LogP contribution >= 0.6 is 0 Å². The van der Waals surface area contributed by atoms with Gasteiger partial charge in [0.25, 0.3) is 0 Å². The van der Waals surface area contributed by atoms with Gasteiger partial charge in [0, 0.05) is 44.3 Å². The van der Waals surface area contributed by atoms with Gasteiger partial charge in [-0.3, -0.25) is 0 Å². The standard InChI is InChI=1S/C17H17N3.C15H17N3.C4H6.3C2H6/c1-3-5-8-13(4-2)19-20-17-12-11-16(18)14-9-6-7-10-15(14)17;1-3-9(2)15-17-12-6-4-5-10-11(16)7-8-13(18-15)14(10)12;1-3-4-2;3*1-2/h3-12H,2,18H2,1H3;3-8,15,17-18H,16H2,1-2H3;3-4H,1-2H2;3*1-2H3/b5-3-,13-8+,20-19?;9-3+;;;;.